The molecule has 0 bridgehead atoms. The van der Waals surface area contributed by atoms with Gasteiger partial charge >= 0.3 is 0 Å². The van der Waals surface area contributed by atoms with Crippen LogP contribution in [0.15, 0.2) is 18.2 Å². The van der Waals surface area contributed by atoms with Crippen molar-refractivity contribution in [3.8, 4) is 5.75 Å². The normalized spacial score (nSPS) is 11.0. The maximum absolute atomic E-state index is 12.1. The number of carbonyl (C=O) groups is 1. The number of hydrogen-bond donors (Lipinski definition) is 2. The number of nitrogens with zero attached hydrogens (tertiary/aromatic N) is 1. The van der Waals surface area contributed by atoms with Crippen molar-refractivity contribution < 1.29 is 9.53 Å². The highest BCUT2D eigenvalue weighted by atomic mass is 16.5. The fourth-order valence-electron chi connectivity index (χ4n) is 1.89. The maximum atomic E-state index is 12.1. The van der Waals surface area contributed by atoms with Gasteiger partial charge in [0.2, 0.25) is 0 Å². The van der Waals surface area contributed by atoms with E-state index < -0.39 is 0 Å². The zero-order valence-electron chi connectivity index (χ0n) is 13.5. The largest absolute Gasteiger partial charge is 0.494 e. The molecule has 21 heavy (non-hydrogen) atoms. The quantitative estimate of drug-likeness (QED) is 0.569. The number of nitrogen functional groups attached to an aromatic ring is 1. The third-order valence-electron chi connectivity index (χ3n) is 3.36. The van der Waals surface area contributed by atoms with Gasteiger partial charge in [-0.25, -0.2) is 0 Å². The van der Waals surface area contributed by atoms with Crippen molar-refractivity contribution in [2.45, 2.75) is 33.2 Å². The first-order valence-corrected chi connectivity index (χ1v) is 7.45. The summed E-state index contributed by atoms with van der Waals surface area (Å²) in [6, 6.07) is 5.62. The summed E-state index contributed by atoms with van der Waals surface area (Å²) in [6.45, 7) is 8.36. The predicted octanol–water partition coefficient (Wildman–Crippen LogP) is 2.13. The Bertz CT molecular complexity index is 461. The molecule has 1 aromatic rings. The third kappa shape index (κ3) is 6.04. The van der Waals surface area contributed by atoms with E-state index >= 15 is 0 Å². The smallest absolute Gasteiger partial charge is 0.251 e. The first-order valence-electron chi connectivity index (χ1n) is 7.45. The molecule has 0 aliphatic rings. The molecule has 0 fully saturated rings. The fraction of sp³-hybridized carbons (Fsp3) is 0.562. The molecule has 0 saturated heterocycles. The van der Waals surface area contributed by atoms with Crippen LogP contribution in [0.1, 0.15) is 37.6 Å². The van der Waals surface area contributed by atoms with Gasteiger partial charge in [-0.1, -0.05) is 0 Å². The van der Waals surface area contributed by atoms with Crippen molar-refractivity contribution in [2.24, 2.45) is 0 Å². The summed E-state index contributed by atoms with van der Waals surface area (Å²) in [5, 5.41) is 2.91. The highest BCUT2D eigenvalue weighted by molar-refractivity contribution is 5.95. The van der Waals surface area contributed by atoms with E-state index in [9.17, 15) is 4.79 Å². The number of ether oxygens (including phenoxy) is 1. The first kappa shape index (κ1) is 17.3. The standard InChI is InChI=1S/C16H27N3O2/c1-5-21-15-10-13(9-14(17)11-15)16(20)18-7-6-8-19(4)12(2)3/h9-12H,5-8,17H2,1-4H3,(H,18,20). The van der Waals surface area contributed by atoms with Crippen LogP contribution in [0.25, 0.3) is 0 Å². The van der Waals surface area contributed by atoms with E-state index in [-0.39, 0.29) is 5.91 Å². The number of benzene rings is 1. The SMILES string of the molecule is CCOc1cc(N)cc(C(=O)NCCCN(C)C(C)C)c1. The molecule has 1 aromatic carbocycles. The van der Waals surface area contributed by atoms with Gasteiger partial charge in [0, 0.05) is 29.9 Å². The Morgan fingerprint density at radius 1 is 1.38 bits per heavy atom. The van der Waals surface area contributed by atoms with E-state index in [0.717, 1.165) is 13.0 Å². The number of hydrogen-bond acceptors (Lipinski definition) is 4. The Morgan fingerprint density at radius 3 is 2.71 bits per heavy atom. The third-order valence-corrected chi connectivity index (χ3v) is 3.36. The monoisotopic (exact) mass is 293 g/mol. The van der Waals surface area contributed by atoms with Gasteiger partial charge in [0.15, 0.2) is 0 Å². The highest BCUT2D eigenvalue weighted by Crippen LogP contribution is 2.18. The van der Waals surface area contributed by atoms with E-state index in [1.807, 2.05) is 6.92 Å². The number of anilines is 1. The topological polar surface area (TPSA) is 67.6 Å². The Labute approximate surface area is 127 Å². The lowest BCUT2D eigenvalue weighted by Gasteiger charge is -2.20. The number of nitrogens with two attached hydrogens (primary N) is 1. The molecule has 3 N–H and O–H groups in total. The molecule has 0 aromatic heterocycles. The van der Waals surface area contributed by atoms with Gasteiger partial charge < -0.3 is 20.7 Å². The van der Waals surface area contributed by atoms with Gasteiger partial charge in [0.1, 0.15) is 5.75 Å². The second-order valence-electron chi connectivity index (χ2n) is 5.41. The summed E-state index contributed by atoms with van der Waals surface area (Å²) in [5.41, 5.74) is 6.86. The van der Waals surface area contributed by atoms with Gasteiger partial charge in [-0.15, -0.1) is 0 Å². The van der Waals surface area contributed by atoms with E-state index in [1.54, 1.807) is 18.2 Å². The summed E-state index contributed by atoms with van der Waals surface area (Å²) in [5.74, 6) is 0.512. The number of nitrogens with one attached hydrogen (secondary N) is 1. The summed E-state index contributed by atoms with van der Waals surface area (Å²) in [7, 11) is 2.08. The molecule has 118 valence electrons. The van der Waals surface area contributed by atoms with Crippen molar-refractivity contribution in [1.29, 1.82) is 0 Å². The highest BCUT2D eigenvalue weighted by Gasteiger charge is 2.09. The molecule has 0 radical (unpaired) electrons. The Morgan fingerprint density at radius 2 is 2.10 bits per heavy atom. The molecule has 1 rings (SSSR count). The fourth-order valence-corrected chi connectivity index (χ4v) is 1.89. The van der Waals surface area contributed by atoms with E-state index in [0.29, 0.717) is 36.2 Å². The molecule has 5 nitrogen and oxygen atoms in total. The van der Waals surface area contributed by atoms with Crippen LogP contribution in [0.3, 0.4) is 0 Å². The van der Waals surface area contributed by atoms with E-state index in [1.165, 1.54) is 0 Å². The van der Waals surface area contributed by atoms with Crippen molar-refractivity contribution in [1.82, 2.24) is 10.2 Å². The van der Waals surface area contributed by atoms with Crippen LogP contribution >= 0.6 is 0 Å². The molecule has 0 spiro atoms. The molecule has 1 amide bonds. The van der Waals surface area contributed by atoms with E-state index in [4.69, 9.17) is 10.5 Å². The molecule has 0 aliphatic carbocycles. The molecule has 0 aliphatic heterocycles. The van der Waals surface area contributed by atoms with Crippen LogP contribution < -0.4 is 15.8 Å². The predicted molar refractivity (Wildman–Crippen MR) is 86.7 cm³/mol. The molecular weight excluding hydrogens is 266 g/mol. The van der Waals surface area contributed by atoms with Crippen molar-refractivity contribution in [2.75, 3.05) is 32.5 Å². The molecule has 0 atom stereocenters. The number of carbonyl (C=O) groups excluding carboxylic acids is 1. The summed E-state index contributed by atoms with van der Waals surface area (Å²) >= 11 is 0. The molecule has 5 heteroatoms. The molecule has 0 saturated carbocycles. The summed E-state index contributed by atoms with van der Waals surface area (Å²) < 4.78 is 5.39. The lowest BCUT2D eigenvalue weighted by molar-refractivity contribution is 0.0951. The number of amides is 1. The molecule has 0 heterocycles. The Hall–Kier alpha value is -1.75. The van der Waals surface area contributed by atoms with E-state index in [2.05, 4.69) is 31.1 Å². The van der Waals surface area contributed by atoms with Crippen LogP contribution in [-0.2, 0) is 0 Å². The first-order chi connectivity index (χ1) is 9.93. The zero-order chi connectivity index (χ0) is 15.8. The van der Waals surface area contributed by atoms with Gasteiger partial charge in [0.05, 0.1) is 6.61 Å². The molecule has 0 unspecified atom stereocenters. The van der Waals surface area contributed by atoms with Crippen LogP contribution in [0, 0.1) is 0 Å². The minimum Gasteiger partial charge on any atom is -0.494 e. The second kappa shape index (κ2) is 8.52. The summed E-state index contributed by atoms with van der Waals surface area (Å²) in [6.07, 6.45) is 0.918. The van der Waals surface area contributed by atoms with Crippen molar-refractivity contribution >= 4 is 11.6 Å². The van der Waals surface area contributed by atoms with Crippen molar-refractivity contribution in [3.05, 3.63) is 23.8 Å². The zero-order valence-corrected chi connectivity index (χ0v) is 13.5. The minimum absolute atomic E-state index is 0.115. The average molecular weight is 293 g/mol. The van der Waals surface area contributed by atoms with Gasteiger partial charge in [0.25, 0.3) is 5.91 Å². The van der Waals surface area contributed by atoms with Gasteiger partial charge in [-0.2, -0.15) is 0 Å². The number of rotatable bonds is 8. The van der Waals surface area contributed by atoms with Crippen molar-refractivity contribution in [3.63, 3.8) is 0 Å². The molecular formula is C16H27N3O2. The minimum atomic E-state index is -0.115. The average Bonchev–Trinajstić information content (AvgIpc) is 2.42. The van der Waals surface area contributed by atoms with Gasteiger partial charge in [-0.05, 0) is 52.9 Å². The Balaban J connectivity index is 2.48. The lowest BCUT2D eigenvalue weighted by Crippen LogP contribution is -2.31. The second-order valence-corrected chi connectivity index (χ2v) is 5.41. The van der Waals surface area contributed by atoms with Crippen LogP contribution in [-0.4, -0.2) is 43.6 Å². The maximum Gasteiger partial charge on any atom is 0.251 e. The lowest BCUT2D eigenvalue weighted by atomic mass is 10.1. The van der Waals surface area contributed by atoms with Gasteiger partial charge in [-0.3, -0.25) is 4.79 Å². The van der Waals surface area contributed by atoms with Crippen LogP contribution in [0.5, 0.6) is 5.75 Å². The van der Waals surface area contributed by atoms with Crippen LogP contribution in [0.2, 0.25) is 0 Å². The van der Waals surface area contributed by atoms with Crippen LogP contribution in [0.4, 0.5) is 5.69 Å². The summed E-state index contributed by atoms with van der Waals surface area (Å²) in [4.78, 5) is 14.3. The Kier molecular flexibility index (Phi) is 7.02.